The van der Waals surface area contributed by atoms with Crippen molar-refractivity contribution in [2.45, 2.75) is 6.42 Å². The maximum Gasteiger partial charge on any atom is 0.258 e. The van der Waals surface area contributed by atoms with E-state index in [1.165, 1.54) is 6.20 Å². The molecule has 13 heavy (non-hydrogen) atoms. The molecule has 0 aliphatic carbocycles. The molecule has 0 aromatic heterocycles. The first kappa shape index (κ1) is 8.27. The molecule has 0 saturated heterocycles. The highest BCUT2D eigenvalue weighted by atomic mass is 32.2. The van der Waals surface area contributed by atoms with Crippen LogP contribution in [0.4, 0.5) is 0 Å². The molecular formula is C6H6N4O2S. The standard InChI is InChI=1S/C6H6N4O2S/c7-13(11,12)6-4-3-8-2-1-5(4)9-10-6/h2-3H,1H2,(H2,7,11,12). The fraction of sp³-hybridized carbons (Fsp3) is 0.167. The maximum absolute atomic E-state index is 11.0. The molecule has 2 aliphatic heterocycles. The molecule has 0 saturated carbocycles. The van der Waals surface area contributed by atoms with E-state index in [4.69, 9.17) is 5.14 Å². The highest BCUT2D eigenvalue weighted by Crippen LogP contribution is 2.17. The second-order valence-electron chi connectivity index (χ2n) is 2.58. The molecule has 0 bridgehead atoms. The molecule has 2 heterocycles. The summed E-state index contributed by atoms with van der Waals surface area (Å²) in [6.45, 7) is 0. The molecule has 0 aromatic rings. The number of primary sulfonamides is 1. The van der Waals surface area contributed by atoms with Crippen LogP contribution in [0.15, 0.2) is 27.0 Å². The molecule has 0 amide bonds. The third-order valence-electron chi connectivity index (χ3n) is 1.67. The number of rotatable bonds is 0. The van der Waals surface area contributed by atoms with E-state index in [1.807, 2.05) is 0 Å². The van der Waals surface area contributed by atoms with Gasteiger partial charge in [-0.1, -0.05) is 0 Å². The molecule has 0 spiro atoms. The van der Waals surface area contributed by atoms with Crippen LogP contribution in [0.3, 0.4) is 0 Å². The third-order valence-corrected chi connectivity index (χ3v) is 2.51. The van der Waals surface area contributed by atoms with E-state index in [1.54, 1.807) is 6.21 Å². The van der Waals surface area contributed by atoms with E-state index < -0.39 is 10.0 Å². The van der Waals surface area contributed by atoms with E-state index in [0.29, 0.717) is 17.7 Å². The second-order valence-corrected chi connectivity index (χ2v) is 4.05. The largest absolute Gasteiger partial charge is 0.268 e. The van der Waals surface area contributed by atoms with Crippen molar-refractivity contribution in [3.8, 4) is 0 Å². The Kier molecular flexibility index (Phi) is 1.64. The van der Waals surface area contributed by atoms with Gasteiger partial charge in [0.2, 0.25) is 5.04 Å². The van der Waals surface area contributed by atoms with Crippen LogP contribution in [0.2, 0.25) is 0 Å². The van der Waals surface area contributed by atoms with E-state index in [-0.39, 0.29) is 5.04 Å². The number of nitrogens with two attached hydrogens (primary N) is 1. The second kappa shape index (κ2) is 2.57. The molecule has 0 unspecified atom stereocenters. The summed E-state index contributed by atoms with van der Waals surface area (Å²) in [5, 5.41) is 11.9. The van der Waals surface area contributed by atoms with Gasteiger partial charge in [-0.15, -0.1) is 5.10 Å². The number of hydrogen-bond donors (Lipinski definition) is 1. The predicted molar refractivity (Wildman–Crippen MR) is 49.2 cm³/mol. The van der Waals surface area contributed by atoms with Crippen molar-refractivity contribution in [3.05, 3.63) is 11.8 Å². The molecule has 2 N–H and O–H groups in total. The van der Waals surface area contributed by atoms with Crippen LogP contribution in [-0.2, 0) is 10.0 Å². The molecule has 7 heteroatoms. The monoisotopic (exact) mass is 198 g/mol. The van der Waals surface area contributed by atoms with Gasteiger partial charge in [0.25, 0.3) is 10.0 Å². The van der Waals surface area contributed by atoms with Gasteiger partial charge in [0.1, 0.15) is 0 Å². The molecular weight excluding hydrogens is 192 g/mol. The number of sulfonamides is 1. The summed E-state index contributed by atoms with van der Waals surface area (Å²) < 4.78 is 21.9. The van der Waals surface area contributed by atoms with Crippen molar-refractivity contribution < 1.29 is 8.42 Å². The lowest BCUT2D eigenvalue weighted by atomic mass is 10.1. The molecule has 0 radical (unpaired) electrons. The van der Waals surface area contributed by atoms with E-state index in [0.717, 1.165) is 0 Å². The van der Waals surface area contributed by atoms with Gasteiger partial charge in [-0.3, -0.25) is 4.99 Å². The topological polar surface area (TPSA) is 97.2 Å². The van der Waals surface area contributed by atoms with E-state index in [2.05, 4.69) is 15.2 Å². The smallest absolute Gasteiger partial charge is 0.258 e. The first-order chi connectivity index (χ1) is 6.09. The van der Waals surface area contributed by atoms with E-state index in [9.17, 15) is 8.42 Å². The minimum Gasteiger partial charge on any atom is -0.268 e. The van der Waals surface area contributed by atoms with Crippen LogP contribution in [0, 0.1) is 0 Å². The first-order valence-electron chi connectivity index (χ1n) is 3.49. The fourth-order valence-corrected chi connectivity index (χ4v) is 1.73. The van der Waals surface area contributed by atoms with Gasteiger partial charge in [0, 0.05) is 18.8 Å². The summed E-state index contributed by atoms with van der Waals surface area (Å²) >= 11 is 0. The molecule has 0 fully saturated rings. The Labute approximate surface area is 74.6 Å². The Balaban J connectivity index is 2.50. The predicted octanol–water partition coefficient (Wildman–Crippen LogP) is -0.599. The first-order valence-corrected chi connectivity index (χ1v) is 5.03. The summed E-state index contributed by atoms with van der Waals surface area (Å²) in [5.74, 6) is 0. The Bertz CT molecular complexity index is 469. The molecule has 2 rings (SSSR count). The Morgan fingerprint density at radius 3 is 2.85 bits per heavy atom. The lowest BCUT2D eigenvalue weighted by molar-refractivity contribution is 0.609. The molecule has 0 aromatic carbocycles. The summed E-state index contributed by atoms with van der Waals surface area (Å²) in [6, 6.07) is 0. The highest BCUT2D eigenvalue weighted by molar-refractivity contribution is 8.05. The van der Waals surface area contributed by atoms with Gasteiger partial charge in [-0.2, -0.15) is 5.10 Å². The average molecular weight is 198 g/mol. The van der Waals surface area contributed by atoms with Crippen LogP contribution >= 0.6 is 0 Å². The van der Waals surface area contributed by atoms with Crippen LogP contribution in [0.5, 0.6) is 0 Å². The van der Waals surface area contributed by atoms with Crippen molar-refractivity contribution in [1.29, 1.82) is 0 Å². The zero-order valence-electron chi connectivity index (χ0n) is 6.51. The minimum absolute atomic E-state index is 0.195. The van der Waals surface area contributed by atoms with Gasteiger partial charge in [-0.05, 0) is 0 Å². The Morgan fingerprint density at radius 1 is 1.38 bits per heavy atom. The summed E-state index contributed by atoms with van der Waals surface area (Å²) in [7, 11) is -3.78. The van der Waals surface area contributed by atoms with Crippen molar-refractivity contribution in [2.24, 2.45) is 20.3 Å². The van der Waals surface area contributed by atoms with Crippen molar-refractivity contribution in [1.82, 2.24) is 0 Å². The Morgan fingerprint density at radius 2 is 2.15 bits per heavy atom. The van der Waals surface area contributed by atoms with Crippen LogP contribution < -0.4 is 5.14 Å². The molecule has 68 valence electrons. The lowest BCUT2D eigenvalue weighted by Crippen LogP contribution is -2.26. The Hall–Kier alpha value is -1.34. The maximum atomic E-state index is 11.0. The summed E-state index contributed by atoms with van der Waals surface area (Å²) in [4.78, 5) is 3.81. The average Bonchev–Trinajstić information content (AvgIpc) is 2.45. The van der Waals surface area contributed by atoms with Gasteiger partial charge in [0.05, 0.1) is 11.3 Å². The quantitative estimate of drug-likeness (QED) is 0.562. The zero-order chi connectivity index (χ0) is 9.47. The third kappa shape index (κ3) is 1.31. The number of aliphatic imine (C=N–C) groups is 1. The van der Waals surface area contributed by atoms with Gasteiger partial charge in [0.15, 0.2) is 0 Å². The molecule has 2 aliphatic rings. The van der Waals surface area contributed by atoms with Crippen molar-refractivity contribution >= 4 is 27.0 Å². The highest BCUT2D eigenvalue weighted by Gasteiger charge is 2.28. The normalized spacial score (nSPS) is 20.5. The number of fused-ring (bicyclic) bond motifs is 1. The van der Waals surface area contributed by atoms with Crippen LogP contribution in [0.25, 0.3) is 0 Å². The lowest BCUT2D eigenvalue weighted by Gasteiger charge is -2.04. The van der Waals surface area contributed by atoms with E-state index >= 15 is 0 Å². The van der Waals surface area contributed by atoms with Gasteiger partial charge in [-0.25, -0.2) is 13.6 Å². The fourth-order valence-electron chi connectivity index (χ4n) is 1.09. The van der Waals surface area contributed by atoms with Crippen molar-refractivity contribution in [2.75, 3.05) is 0 Å². The number of hydrogen-bond acceptors (Lipinski definition) is 5. The SMILES string of the molecule is NS(=O)(=O)C1=NN=C2CC=NC=C21. The molecule has 0 atom stereocenters. The number of nitrogens with zero attached hydrogens (tertiary/aromatic N) is 3. The van der Waals surface area contributed by atoms with Gasteiger partial charge >= 0.3 is 0 Å². The van der Waals surface area contributed by atoms with Crippen LogP contribution in [-0.4, -0.2) is 25.4 Å². The summed E-state index contributed by atoms with van der Waals surface area (Å²) in [6.07, 6.45) is 3.52. The van der Waals surface area contributed by atoms with Crippen molar-refractivity contribution in [3.63, 3.8) is 0 Å². The van der Waals surface area contributed by atoms with Gasteiger partial charge < -0.3 is 0 Å². The van der Waals surface area contributed by atoms with Crippen LogP contribution in [0.1, 0.15) is 6.42 Å². The molecule has 6 nitrogen and oxygen atoms in total. The summed E-state index contributed by atoms with van der Waals surface area (Å²) in [5.41, 5.74) is 1.00. The zero-order valence-corrected chi connectivity index (χ0v) is 7.32. The minimum atomic E-state index is -3.78.